The maximum Gasteiger partial charge on any atom is 0.258 e. The molecule has 3 N–H and O–H groups in total. The summed E-state index contributed by atoms with van der Waals surface area (Å²) in [6.07, 6.45) is 2.13. The third kappa shape index (κ3) is 5.20. The molecule has 1 rings (SSSR count). The smallest absolute Gasteiger partial charge is 0.258 e. The number of anilines is 1. The van der Waals surface area contributed by atoms with Crippen molar-refractivity contribution in [3.8, 4) is 5.75 Å². The zero-order valence-corrected chi connectivity index (χ0v) is 12.0. The van der Waals surface area contributed by atoms with E-state index < -0.39 is 0 Å². The summed E-state index contributed by atoms with van der Waals surface area (Å²) in [5.74, 6) is 1.08. The quantitative estimate of drug-likeness (QED) is 0.744. The van der Waals surface area contributed by atoms with Crippen LogP contribution in [0.5, 0.6) is 5.75 Å². The molecule has 1 aromatic carbocycles. The van der Waals surface area contributed by atoms with Crippen molar-refractivity contribution in [2.75, 3.05) is 12.3 Å². The molecule has 0 aliphatic rings. The highest BCUT2D eigenvalue weighted by Gasteiger charge is 2.15. The van der Waals surface area contributed by atoms with Gasteiger partial charge in [-0.3, -0.25) is 4.79 Å². The highest BCUT2D eigenvalue weighted by molar-refractivity contribution is 5.77. The highest BCUT2D eigenvalue weighted by Crippen LogP contribution is 2.14. The molecule has 1 unspecified atom stereocenters. The fourth-order valence-corrected chi connectivity index (χ4v) is 2.12. The average molecular weight is 264 g/mol. The molecular weight excluding hydrogens is 240 g/mol. The van der Waals surface area contributed by atoms with E-state index in [2.05, 4.69) is 19.2 Å². The highest BCUT2D eigenvalue weighted by atomic mass is 16.5. The minimum atomic E-state index is -0.0868. The van der Waals surface area contributed by atoms with E-state index in [1.165, 1.54) is 0 Å². The second-order valence-electron chi connectivity index (χ2n) is 4.79. The number of hydrogen-bond acceptors (Lipinski definition) is 3. The Bertz CT molecular complexity index is 386. The summed E-state index contributed by atoms with van der Waals surface area (Å²) < 4.78 is 5.40. The lowest BCUT2D eigenvalue weighted by atomic mass is 9.95. The van der Waals surface area contributed by atoms with Gasteiger partial charge in [-0.2, -0.15) is 0 Å². The number of carbonyl (C=O) groups is 1. The minimum absolute atomic E-state index is 0.0361. The van der Waals surface area contributed by atoms with Crippen molar-refractivity contribution in [3.63, 3.8) is 0 Å². The van der Waals surface area contributed by atoms with E-state index in [0.717, 1.165) is 12.8 Å². The van der Waals surface area contributed by atoms with Crippen LogP contribution < -0.4 is 15.8 Å². The average Bonchev–Trinajstić information content (AvgIpc) is 2.39. The minimum Gasteiger partial charge on any atom is -0.484 e. The first-order valence-corrected chi connectivity index (χ1v) is 6.84. The lowest BCUT2D eigenvalue weighted by Crippen LogP contribution is -2.40. The maximum atomic E-state index is 11.8. The van der Waals surface area contributed by atoms with Crippen LogP contribution in [-0.2, 0) is 4.79 Å². The first-order chi connectivity index (χ1) is 9.06. The molecule has 4 heteroatoms. The van der Waals surface area contributed by atoms with Gasteiger partial charge in [0.25, 0.3) is 5.91 Å². The second kappa shape index (κ2) is 7.67. The molecule has 0 aromatic heterocycles. The van der Waals surface area contributed by atoms with Crippen molar-refractivity contribution >= 4 is 11.6 Å². The van der Waals surface area contributed by atoms with Crippen molar-refractivity contribution in [1.82, 2.24) is 5.32 Å². The van der Waals surface area contributed by atoms with E-state index in [0.29, 0.717) is 17.4 Å². The van der Waals surface area contributed by atoms with E-state index in [1.54, 1.807) is 24.3 Å². The van der Waals surface area contributed by atoms with Gasteiger partial charge in [0.2, 0.25) is 0 Å². The molecule has 0 aliphatic heterocycles. The fraction of sp³-hybridized carbons (Fsp3) is 0.533. The van der Waals surface area contributed by atoms with Crippen LogP contribution in [0.25, 0.3) is 0 Å². The Kier molecular flexibility index (Phi) is 6.19. The summed E-state index contributed by atoms with van der Waals surface area (Å²) in [7, 11) is 0. The van der Waals surface area contributed by atoms with Crippen molar-refractivity contribution in [2.45, 2.75) is 39.7 Å². The van der Waals surface area contributed by atoms with Gasteiger partial charge in [0, 0.05) is 11.7 Å². The van der Waals surface area contributed by atoms with Gasteiger partial charge >= 0.3 is 0 Å². The van der Waals surface area contributed by atoms with Crippen molar-refractivity contribution in [3.05, 3.63) is 24.3 Å². The number of rotatable bonds is 7. The Morgan fingerprint density at radius 3 is 2.37 bits per heavy atom. The van der Waals surface area contributed by atoms with Crippen molar-refractivity contribution in [1.29, 1.82) is 0 Å². The van der Waals surface area contributed by atoms with Crippen LogP contribution in [0.2, 0.25) is 0 Å². The number of benzene rings is 1. The predicted octanol–water partition coefficient (Wildman–Crippen LogP) is 2.59. The third-order valence-electron chi connectivity index (χ3n) is 3.39. The Labute approximate surface area is 115 Å². The molecule has 1 atom stereocenters. The van der Waals surface area contributed by atoms with Crippen LogP contribution in [0.3, 0.4) is 0 Å². The summed E-state index contributed by atoms with van der Waals surface area (Å²) in [6.45, 7) is 6.36. The Morgan fingerprint density at radius 2 is 1.84 bits per heavy atom. The number of carbonyl (C=O) groups excluding carboxylic acids is 1. The maximum absolute atomic E-state index is 11.8. The van der Waals surface area contributed by atoms with Gasteiger partial charge in [0.05, 0.1) is 0 Å². The molecule has 0 radical (unpaired) electrons. The Morgan fingerprint density at radius 1 is 1.26 bits per heavy atom. The summed E-state index contributed by atoms with van der Waals surface area (Å²) in [5, 5.41) is 2.97. The summed E-state index contributed by atoms with van der Waals surface area (Å²) in [4.78, 5) is 11.8. The second-order valence-corrected chi connectivity index (χ2v) is 4.79. The van der Waals surface area contributed by atoms with Crippen LogP contribution in [0.15, 0.2) is 24.3 Å². The summed E-state index contributed by atoms with van der Waals surface area (Å²) >= 11 is 0. The Hall–Kier alpha value is -1.71. The molecule has 0 saturated heterocycles. The summed E-state index contributed by atoms with van der Waals surface area (Å²) in [6, 6.07) is 7.19. The van der Waals surface area contributed by atoms with Gasteiger partial charge in [0.1, 0.15) is 5.75 Å². The van der Waals surface area contributed by atoms with Crippen LogP contribution in [0.4, 0.5) is 5.69 Å². The van der Waals surface area contributed by atoms with Gasteiger partial charge in [-0.25, -0.2) is 0 Å². The molecule has 106 valence electrons. The number of nitrogens with two attached hydrogens (primary N) is 1. The normalized spacial score (nSPS) is 12.2. The zero-order valence-electron chi connectivity index (χ0n) is 12.0. The monoisotopic (exact) mass is 264 g/mol. The van der Waals surface area contributed by atoms with Gasteiger partial charge in [-0.15, -0.1) is 0 Å². The number of amides is 1. The largest absolute Gasteiger partial charge is 0.484 e. The van der Waals surface area contributed by atoms with Gasteiger partial charge in [-0.1, -0.05) is 26.7 Å². The van der Waals surface area contributed by atoms with E-state index in [4.69, 9.17) is 10.5 Å². The molecule has 0 spiro atoms. The number of hydrogen-bond donors (Lipinski definition) is 2. The van der Waals surface area contributed by atoms with Gasteiger partial charge in [0.15, 0.2) is 6.61 Å². The van der Waals surface area contributed by atoms with E-state index in [-0.39, 0.29) is 18.6 Å². The number of nitrogens with one attached hydrogen (secondary N) is 1. The molecule has 0 aliphatic carbocycles. The van der Waals surface area contributed by atoms with E-state index >= 15 is 0 Å². The van der Waals surface area contributed by atoms with E-state index in [9.17, 15) is 4.79 Å². The first kappa shape index (κ1) is 15.3. The molecule has 1 aromatic rings. The standard InChI is InChI=1S/C15H24N2O2/c1-4-12(5-2)11(3)17-15(18)10-19-14-8-6-13(16)7-9-14/h6-9,11-12H,4-5,10,16H2,1-3H3,(H,17,18). The van der Waals surface area contributed by atoms with E-state index in [1.807, 2.05) is 6.92 Å². The van der Waals surface area contributed by atoms with Gasteiger partial charge in [-0.05, 0) is 37.1 Å². The molecule has 0 saturated carbocycles. The van der Waals surface area contributed by atoms with Crippen molar-refractivity contribution in [2.24, 2.45) is 5.92 Å². The molecule has 0 fully saturated rings. The molecular formula is C15H24N2O2. The molecule has 4 nitrogen and oxygen atoms in total. The third-order valence-corrected chi connectivity index (χ3v) is 3.39. The zero-order chi connectivity index (χ0) is 14.3. The molecule has 0 heterocycles. The predicted molar refractivity (Wildman–Crippen MR) is 78.0 cm³/mol. The Balaban J connectivity index is 2.37. The molecule has 1 amide bonds. The van der Waals surface area contributed by atoms with Gasteiger partial charge < -0.3 is 15.8 Å². The lowest BCUT2D eigenvalue weighted by molar-refractivity contribution is -0.124. The fourth-order valence-electron chi connectivity index (χ4n) is 2.12. The van der Waals surface area contributed by atoms with Crippen LogP contribution in [-0.4, -0.2) is 18.6 Å². The SMILES string of the molecule is CCC(CC)C(C)NC(=O)COc1ccc(N)cc1. The molecule has 0 bridgehead atoms. The number of ether oxygens (including phenoxy) is 1. The van der Waals surface area contributed by atoms with Crippen LogP contribution >= 0.6 is 0 Å². The topological polar surface area (TPSA) is 64.3 Å². The molecule has 19 heavy (non-hydrogen) atoms. The summed E-state index contributed by atoms with van der Waals surface area (Å²) in [5.41, 5.74) is 6.26. The number of nitrogen functional groups attached to an aromatic ring is 1. The lowest BCUT2D eigenvalue weighted by Gasteiger charge is -2.22. The first-order valence-electron chi connectivity index (χ1n) is 6.84. The van der Waals surface area contributed by atoms with Crippen molar-refractivity contribution < 1.29 is 9.53 Å². The van der Waals surface area contributed by atoms with Crippen LogP contribution in [0.1, 0.15) is 33.6 Å². The van der Waals surface area contributed by atoms with Crippen LogP contribution in [0, 0.1) is 5.92 Å².